The topological polar surface area (TPSA) is 96.7 Å². The second-order valence-electron chi connectivity index (χ2n) is 8.68. The first-order chi connectivity index (χ1) is 14.6. The van der Waals surface area contributed by atoms with Crippen LogP contribution in [0.4, 0.5) is 32.4 Å². The molecule has 1 saturated heterocycles. The second-order valence-corrected chi connectivity index (χ2v) is 8.68. The summed E-state index contributed by atoms with van der Waals surface area (Å²) in [6.45, 7) is 6.32. The standard InChI is InChI=1S/C20H27F5N4O3/c1-10(12-5-6-29(9-14(12)22)18(31)32-19(2,3)4)27-15-8-11(17(30)28-26)7-13(21)16(15)20(23,24)25/h7-8,10,12,14,27H,5-6,9,26H2,1-4H3,(H,28,30)/t10-,12+,14+/m0/s1. The van der Waals surface area contributed by atoms with Crippen LogP contribution in [0.5, 0.6) is 0 Å². The fourth-order valence-corrected chi connectivity index (χ4v) is 3.55. The third kappa shape index (κ3) is 6.21. The number of rotatable bonds is 4. The lowest BCUT2D eigenvalue weighted by Gasteiger charge is -2.38. The Balaban J connectivity index is 2.22. The van der Waals surface area contributed by atoms with E-state index >= 15 is 0 Å². The maximum absolute atomic E-state index is 14.9. The van der Waals surface area contributed by atoms with Gasteiger partial charge in [0.05, 0.1) is 12.2 Å². The molecule has 32 heavy (non-hydrogen) atoms. The van der Waals surface area contributed by atoms with Gasteiger partial charge in [-0.15, -0.1) is 0 Å². The Bertz CT molecular complexity index is 857. The number of likely N-dealkylation sites (tertiary alicyclic amines) is 1. The molecule has 4 N–H and O–H groups in total. The SMILES string of the molecule is C[C@H](Nc1cc(C(=O)NN)cc(F)c1C(F)(F)F)[C@H]1CCN(C(=O)OC(C)(C)C)C[C@H]1F. The number of amides is 2. The fourth-order valence-electron chi connectivity index (χ4n) is 3.55. The number of nitrogen functional groups attached to an aromatic ring is 1. The molecule has 0 unspecified atom stereocenters. The van der Waals surface area contributed by atoms with Gasteiger partial charge in [0, 0.05) is 24.1 Å². The van der Waals surface area contributed by atoms with Crippen LogP contribution in [0.3, 0.4) is 0 Å². The molecule has 0 saturated carbocycles. The van der Waals surface area contributed by atoms with E-state index in [0.29, 0.717) is 6.07 Å². The number of ether oxygens (including phenoxy) is 1. The Morgan fingerprint density at radius 2 is 1.88 bits per heavy atom. The third-order valence-corrected chi connectivity index (χ3v) is 5.04. The van der Waals surface area contributed by atoms with E-state index in [2.05, 4.69) is 5.32 Å². The molecule has 0 aromatic heterocycles. The molecule has 0 spiro atoms. The summed E-state index contributed by atoms with van der Waals surface area (Å²) in [5.41, 5.74) is -1.76. The lowest BCUT2D eigenvalue weighted by atomic mass is 9.88. The molecule has 1 heterocycles. The largest absolute Gasteiger partial charge is 0.444 e. The van der Waals surface area contributed by atoms with E-state index in [1.165, 1.54) is 11.8 Å². The number of piperidine rings is 1. The Hall–Kier alpha value is -2.63. The van der Waals surface area contributed by atoms with Crippen molar-refractivity contribution in [3.8, 4) is 0 Å². The van der Waals surface area contributed by atoms with Gasteiger partial charge in [-0.25, -0.2) is 19.4 Å². The molecule has 1 aliphatic heterocycles. The molecule has 3 atom stereocenters. The van der Waals surface area contributed by atoms with E-state index in [0.717, 1.165) is 6.07 Å². The lowest BCUT2D eigenvalue weighted by molar-refractivity contribution is -0.139. The van der Waals surface area contributed by atoms with E-state index in [-0.39, 0.29) is 19.5 Å². The van der Waals surface area contributed by atoms with Crippen molar-refractivity contribution in [1.29, 1.82) is 0 Å². The van der Waals surface area contributed by atoms with Gasteiger partial charge in [0.1, 0.15) is 23.2 Å². The quantitative estimate of drug-likeness (QED) is 0.271. The molecule has 0 radical (unpaired) electrons. The van der Waals surface area contributed by atoms with Gasteiger partial charge in [0.25, 0.3) is 5.91 Å². The van der Waals surface area contributed by atoms with Crippen LogP contribution in [0.2, 0.25) is 0 Å². The first-order valence-electron chi connectivity index (χ1n) is 9.94. The van der Waals surface area contributed by atoms with Crippen molar-refractivity contribution in [2.24, 2.45) is 11.8 Å². The van der Waals surface area contributed by atoms with Crippen LogP contribution in [0.25, 0.3) is 0 Å². The molecule has 2 rings (SSSR count). The average molecular weight is 466 g/mol. The predicted molar refractivity (Wildman–Crippen MR) is 107 cm³/mol. The molecule has 7 nitrogen and oxygen atoms in total. The number of nitrogens with zero attached hydrogens (tertiary/aromatic N) is 1. The average Bonchev–Trinajstić information content (AvgIpc) is 2.64. The van der Waals surface area contributed by atoms with Gasteiger partial charge in [-0.05, 0) is 46.2 Å². The minimum atomic E-state index is -5.06. The molecule has 12 heteroatoms. The minimum absolute atomic E-state index is 0.140. The van der Waals surface area contributed by atoms with Crippen LogP contribution in [-0.2, 0) is 10.9 Å². The van der Waals surface area contributed by atoms with Gasteiger partial charge < -0.3 is 15.0 Å². The van der Waals surface area contributed by atoms with Gasteiger partial charge in [0.2, 0.25) is 0 Å². The molecule has 1 aliphatic rings. The van der Waals surface area contributed by atoms with Gasteiger partial charge in [-0.1, -0.05) is 0 Å². The maximum atomic E-state index is 14.9. The van der Waals surface area contributed by atoms with Crippen molar-refractivity contribution in [2.75, 3.05) is 18.4 Å². The molecule has 0 aliphatic carbocycles. The number of hydrogen-bond donors (Lipinski definition) is 3. The third-order valence-electron chi connectivity index (χ3n) is 5.04. The van der Waals surface area contributed by atoms with Gasteiger partial charge in [0.15, 0.2) is 0 Å². The molecule has 180 valence electrons. The van der Waals surface area contributed by atoms with E-state index in [4.69, 9.17) is 10.6 Å². The van der Waals surface area contributed by atoms with Crippen molar-refractivity contribution in [3.05, 3.63) is 29.1 Å². The summed E-state index contributed by atoms with van der Waals surface area (Å²) >= 11 is 0. The lowest BCUT2D eigenvalue weighted by Crippen LogP contribution is -2.50. The number of carbonyl (C=O) groups is 2. The zero-order chi connectivity index (χ0) is 24.4. The second kappa shape index (κ2) is 9.47. The van der Waals surface area contributed by atoms with Crippen molar-refractivity contribution in [1.82, 2.24) is 10.3 Å². The monoisotopic (exact) mass is 466 g/mol. The number of hydrogen-bond acceptors (Lipinski definition) is 5. The molecule has 1 aromatic carbocycles. The summed E-state index contributed by atoms with van der Waals surface area (Å²) in [4.78, 5) is 25.1. The number of nitrogens with two attached hydrogens (primary N) is 1. The van der Waals surface area contributed by atoms with Crippen molar-refractivity contribution < 1.29 is 36.3 Å². The smallest absolute Gasteiger partial charge is 0.421 e. The molecule has 2 amide bonds. The van der Waals surface area contributed by atoms with Crippen molar-refractivity contribution in [2.45, 2.75) is 58.1 Å². The fraction of sp³-hybridized carbons (Fsp3) is 0.600. The van der Waals surface area contributed by atoms with Crippen molar-refractivity contribution >= 4 is 17.7 Å². The van der Waals surface area contributed by atoms with Gasteiger partial charge in [-0.2, -0.15) is 13.2 Å². The Morgan fingerprint density at radius 3 is 2.38 bits per heavy atom. The highest BCUT2D eigenvalue weighted by Gasteiger charge is 2.40. The number of halogens is 5. The molecule has 1 fully saturated rings. The number of carbonyl (C=O) groups excluding carboxylic acids is 2. The number of hydrazine groups is 1. The first-order valence-corrected chi connectivity index (χ1v) is 9.94. The maximum Gasteiger partial charge on any atom is 0.421 e. The molecule has 1 aromatic rings. The van der Waals surface area contributed by atoms with Crippen LogP contribution in [0.1, 0.15) is 50.0 Å². The first kappa shape index (κ1) is 25.6. The zero-order valence-electron chi connectivity index (χ0n) is 18.1. The number of benzene rings is 1. The molecular formula is C20H27F5N4O3. The highest BCUT2D eigenvalue weighted by atomic mass is 19.4. The Kier molecular flexibility index (Phi) is 7.59. The summed E-state index contributed by atoms with van der Waals surface area (Å²) in [7, 11) is 0. The van der Waals surface area contributed by atoms with Crippen molar-refractivity contribution in [3.63, 3.8) is 0 Å². The van der Waals surface area contributed by atoms with Crippen LogP contribution >= 0.6 is 0 Å². The summed E-state index contributed by atoms with van der Waals surface area (Å²) in [6.07, 6.45) is -7.16. The molecular weight excluding hydrogens is 439 g/mol. The Labute approximate surface area is 182 Å². The van der Waals surface area contributed by atoms with Crippen LogP contribution < -0.4 is 16.6 Å². The van der Waals surface area contributed by atoms with E-state index in [1.54, 1.807) is 26.2 Å². The normalized spacial score (nSPS) is 20.5. The summed E-state index contributed by atoms with van der Waals surface area (Å²) in [5, 5.41) is 2.50. The van der Waals surface area contributed by atoms with E-state index < -0.39 is 64.5 Å². The van der Waals surface area contributed by atoms with E-state index in [9.17, 15) is 31.5 Å². The minimum Gasteiger partial charge on any atom is -0.444 e. The number of nitrogens with one attached hydrogen (secondary N) is 2. The van der Waals surface area contributed by atoms with Gasteiger partial charge in [-0.3, -0.25) is 10.2 Å². The number of anilines is 1. The van der Waals surface area contributed by atoms with Crippen LogP contribution in [-0.4, -0.2) is 47.8 Å². The summed E-state index contributed by atoms with van der Waals surface area (Å²) in [5.74, 6) is 1.56. The van der Waals surface area contributed by atoms with Crippen LogP contribution in [0.15, 0.2) is 12.1 Å². The van der Waals surface area contributed by atoms with Gasteiger partial charge >= 0.3 is 12.3 Å². The van der Waals surface area contributed by atoms with E-state index in [1.807, 2.05) is 0 Å². The Morgan fingerprint density at radius 1 is 1.25 bits per heavy atom. The highest BCUT2D eigenvalue weighted by Crippen LogP contribution is 2.39. The number of alkyl halides is 4. The highest BCUT2D eigenvalue weighted by molar-refractivity contribution is 5.95. The summed E-state index contributed by atoms with van der Waals surface area (Å²) < 4.78 is 74.6. The zero-order valence-corrected chi connectivity index (χ0v) is 18.1. The van der Waals surface area contributed by atoms with Crippen LogP contribution in [0, 0.1) is 11.7 Å². The summed E-state index contributed by atoms with van der Waals surface area (Å²) in [6, 6.07) is 0.369. The molecule has 0 bridgehead atoms. The predicted octanol–water partition coefficient (Wildman–Crippen LogP) is 3.84.